The Balaban J connectivity index is 1.13. The zero-order chi connectivity index (χ0) is 30.2. The van der Waals surface area contributed by atoms with E-state index < -0.39 is 34.9 Å². The Kier molecular flexibility index (Phi) is 7.85. The zero-order valence-electron chi connectivity index (χ0n) is 22.6. The van der Waals surface area contributed by atoms with E-state index in [-0.39, 0.29) is 40.4 Å². The Hall–Kier alpha value is -4.35. The summed E-state index contributed by atoms with van der Waals surface area (Å²) in [4.78, 5) is 58.0. The second kappa shape index (κ2) is 11.7. The van der Waals surface area contributed by atoms with E-state index in [0.29, 0.717) is 30.7 Å². The number of thioether (sulfide) groups is 1. The van der Waals surface area contributed by atoms with Gasteiger partial charge < -0.3 is 36.4 Å². The van der Waals surface area contributed by atoms with Crippen LogP contribution in [0.25, 0.3) is 0 Å². The third-order valence-corrected chi connectivity index (χ3v) is 9.65. The standard InChI is InChI=1S/C26H27N9O6S2/c27-26-30-20(32-43-26)17(31-41)21(36)29-18-23(38)35-19(25(39)40)14(12-42-24(18)35)8-13-4-7-34(22(13)37)16-9-15(28-10-16)11-33-5-2-1-3-6-33/h1-3,5-6,8,15-16,18,24,28H,4,7,9-12H2,(H4-,27,29,30,32,36,39,40,41)/t15?,16?,18-,24-/m1/s1. The predicted octanol–water partition coefficient (Wildman–Crippen LogP) is -2.42. The van der Waals surface area contributed by atoms with Crippen molar-refractivity contribution >= 4 is 57.8 Å². The molecular formula is C26H27N9O6S2. The van der Waals surface area contributed by atoms with E-state index in [0.717, 1.165) is 29.4 Å². The molecule has 5 N–H and O–H groups in total. The van der Waals surface area contributed by atoms with Gasteiger partial charge in [-0.15, -0.1) is 11.8 Å². The maximum Gasteiger partial charge on any atom is 0.278 e. The number of amides is 3. The topological polar surface area (TPSA) is 210 Å². The van der Waals surface area contributed by atoms with Gasteiger partial charge in [0, 0.05) is 54.1 Å². The maximum atomic E-state index is 13.4. The molecule has 4 aliphatic rings. The van der Waals surface area contributed by atoms with E-state index in [2.05, 4.69) is 29.7 Å². The molecule has 3 amide bonds. The summed E-state index contributed by atoms with van der Waals surface area (Å²) in [5.74, 6) is -3.34. The third-order valence-electron chi connectivity index (χ3n) is 7.80. The lowest BCUT2D eigenvalue weighted by Crippen LogP contribution is -2.71. The number of carboxylic acid groups (broad SMARTS) is 1. The number of nitrogens with zero attached hydrogens (tertiary/aromatic N) is 6. The van der Waals surface area contributed by atoms with Gasteiger partial charge in [-0.3, -0.25) is 19.3 Å². The highest BCUT2D eigenvalue weighted by atomic mass is 32.2. The lowest BCUT2D eigenvalue weighted by atomic mass is 10.0. The molecule has 3 fully saturated rings. The highest BCUT2D eigenvalue weighted by Crippen LogP contribution is 2.41. The predicted molar refractivity (Wildman–Crippen MR) is 151 cm³/mol. The summed E-state index contributed by atoms with van der Waals surface area (Å²) in [7, 11) is 0. The number of hydrogen-bond donors (Lipinski definition) is 4. The summed E-state index contributed by atoms with van der Waals surface area (Å²) in [6.45, 7) is 1.99. The van der Waals surface area contributed by atoms with Crippen LogP contribution in [0.2, 0.25) is 0 Å². The smallest absolute Gasteiger partial charge is 0.278 e. The second-order valence-electron chi connectivity index (χ2n) is 10.4. The van der Waals surface area contributed by atoms with Gasteiger partial charge in [0.05, 0.1) is 17.7 Å². The first-order valence-corrected chi connectivity index (χ1v) is 15.3. The lowest BCUT2D eigenvalue weighted by Gasteiger charge is -2.50. The van der Waals surface area contributed by atoms with Gasteiger partial charge in [-0.2, -0.15) is 9.36 Å². The zero-order valence-corrected chi connectivity index (χ0v) is 24.2. The molecule has 0 aromatic carbocycles. The minimum absolute atomic E-state index is 0.0250. The number of allylic oxidation sites excluding steroid dienone is 1. The van der Waals surface area contributed by atoms with Crippen LogP contribution < -0.4 is 26.0 Å². The average Bonchev–Trinajstić information content (AvgIpc) is 3.73. The number of aliphatic carboxylic acids is 1. The summed E-state index contributed by atoms with van der Waals surface area (Å²) >= 11 is 2.03. The molecule has 6 rings (SSSR count). The summed E-state index contributed by atoms with van der Waals surface area (Å²) < 4.78 is 5.93. The summed E-state index contributed by atoms with van der Waals surface area (Å²) in [6.07, 6.45) is 6.82. The minimum atomic E-state index is -1.56. The Bertz CT molecular complexity index is 1580. The molecule has 15 nitrogen and oxygen atoms in total. The van der Waals surface area contributed by atoms with E-state index in [9.17, 15) is 29.5 Å². The van der Waals surface area contributed by atoms with E-state index in [4.69, 9.17) is 5.73 Å². The number of pyridine rings is 1. The molecule has 0 radical (unpaired) electrons. The van der Waals surface area contributed by atoms with Crippen molar-refractivity contribution in [3.05, 3.63) is 59.3 Å². The molecule has 2 aromatic heterocycles. The summed E-state index contributed by atoms with van der Waals surface area (Å²) in [5, 5.41) is 29.7. The number of carbonyl (C=O) groups excluding carboxylic acids is 4. The fraction of sp³-hybridized carbons (Fsp3) is 0.385. The molecular weight excluding hydrogens is 598 g/mol. The van der Waals surface area contributed by atoms with E-state index in [1.54, 1.807) is 6.08 Å². The van der Waals surface area contributed by atoms with E-state index in [1.807, 2.05) is 35.5 Å². The van der Waals surface area contributed by atoms with Gasteiger partial charge in [0.1, 0.15) is 11.4 Å². The number of likely N-dealkylation sites (tertiary alicyclic amines) is 1. The highest BCUT2D eigenvalue weighted by molar-refractivity contribution is 8.00. The van der Waals surface area contributed by atoms with Crippen LogP contribution in [0.15, 0.2) is 58.7 Å². The number of nitrogens with two attached hydrogens (primary N) is 1. The second-order valence-corrected chi connectivity index (χ2v) is 12.3. The Morgan fingerprint density at radius 3 is 2.79 bits per heavy atom. The Morgan fingerprint density at radius 2 is 2.09 bits per heavy atom. The molecule has 0 aliphatic carbocycles. The normalized spacial score (nSPS) is 26.6. The van der Waals surface area contributed by atoms with Crippen LogP contribution in [-0.2, 0) is 25.7 Å². The van der Waals surface area contributed by atoms with Crippen LogP contribution in [0.5, 0.6) is 0 Å². The average molecular weight is 626 g/mol. The molecule has 0 bridgehead atoms. The van der Waals surface area contributed by atoms with Crippen LogP contribution in [0.3, 0.4) is 0 Å². The number of nitrogens with one attached hydrogen (secondary N) is 2. The van der Waals surface area contributed by atoms with Gasteiger partial charge in [-0.25, -0.2) is 4.57 Å². The van der Waals surface area contributed by atoms with E-state index in [1.165, 1.54) is 11.8 Å². The van der Waals surface area contributed by atoms with Crippen molar-refractivity contribution in [3.8, 4) is 0 Å². The SMILES string of the molecule is Nc1nc(C(=NO)C(=O)N[C@@H]2C(=O)N3C(C(=O)[O-])=C(C=C4CCN(C5CNC(C[n+]6ccccc6)C5)C4=O)CS[C@H]23)ns1. The number of β-lactam (4-membered cyclic amide) rings is 1. The van der Waals surface area contributed by atoms with Crippen molar-refractivity contribution in [2.75, 3.05) is 24.6 Å². The van der Waals surface area contributed by atoms with Crippen LogP contribution in [0.4, 0.5) is 5.13 Å². The fourth-order valence-electron chi connectivity index (χ4n) is 5.79. The monoisotopic (exact) mass is 625 g/mol. The third kappa shape index (κ3) is 5.46. The largest absolute Gasteiger partial charge is 0.543 e. The number of anilines is 1. The van der Waals surface area contributed by atoms with Gasteiger partial charge in [0.15, 0.2) is 24.1 Å². The molecule has 0 spiro atoms. The maximum absolute atomic E-state index is 13.4. The van der Waals surface area contributed by atoms with Crippen LogP contribution >= 0.6 is 23.3 Å². The first-order valence-electron chi connectivity index (χ1n) is 13.5. The molecule has 17 heteroatoms. The van der Waals surface area contributed by atoms with Crippen LogP contribution in [0.1, 0.15) is 18.7 Å². The van der Waals surface area contributed by atoms with Crippen LogP contribution in [0, 0.1) is 0 Å². The first kappa shape index (κ1) is 28.8. The van der Waals surface area contributed by atoms with Gasteiger partial charge in [-0.1, -0.05) is 11.2 Å². The van der Waals surface area contributed by atoms with Gasteiger partial charge in [-0.05, 0) is 24.5 Å². The highest BCUT2D eigenvalue weighted by Gasteiger charge is 2.53. The van der Waals surface area contributed by atoms with Crippen molar-refractivity contribution in [2.45, 2.75) is 42.9 Å². The molecule has 43 heavy (non-hydrogen) atoms. The Labute approximate surface area is 253 Å². The number of hydrogen-bond acceptors (Lipinski definition) is 13. The molecule has 4 aliphatic heterocycles. The number of nitrogen functional groups attached to an aromatic ring is 1. The molecule has 4 atom stereocenters. The van der Waals surface area contributed by atoms with Crippen molar-refractivity contribution in [1.29, 1.82) is 0 Å². The number of carboxylic acids is 1. The number of oxime groups is 1. The van der Waals surface area contributed by atoms with Gasteiger partial charge in [0.2, 0.25) is 17.4 Å². The Morgan fingerprint density at radius 1 is 1.30 bits per heavy atom. The fourth-order valence-corrected chi connectivity index (χ4v) is 7.53. The molecule has 0 saturated carbocycles. The summed E-state index contributed by atoms with van der Waals surface area (Å²) in [6, 6.07) is 5.06. The van der Waals surface area contributed by atoms with Crippen molar-refractivity contribution in [1.82, 2.24) is 29.8 Å². The number of fused-ring (bicyclic) bond motifs is 1. The van der Waals surface area contributed by atoms with Crippen molar-refractivity contribution < 1.29 is 34.1 Å². The molecule has 224 valence electrons. The lowest BCUT2D eigenvalue weighted by molar-refractivity contribution is -0.699. The quantitative estimate of drug-likeness (QED) is 0.0606. The van der Waals surface area contributed by atoms with E-state index >= 15 is 0 Å². The molecule has 3 saturated heterocycles. The number of rotatable bonds is 8. The first-order chi connectivity index (χ1) is 20.7. The van der Waals surface area contributed by atoms with Crippen molar-refractivity contribution in [2.24, 2.45) is 5.16 Å². The minimum Gasteiger partial charge on any atom is -0.543 e. The van der Waals surface area contributed by atoms with Gasteiger partial charge in [0.25, 0.3) is 11.8 Å². The summed E-state index contributed by atoms with van der Waals surface area (Å²) in [5.41, 5.74) is 5.44. The number of carbonyl (C=O) groups is 4. The molecule has 2 aromatic rings. The molecule has 2 unspecified atom stereocenters. The number of aromatic nitrogens is 3. The van der Waals surface area contributed by atoms with Crippen LogP contribution in [-0.4, -0.2) is 96.1 Å². The van der Waals surface area contributed by atoms with Gasteiger partial charge >= 0.3 is 0 Å². The molecule has 6 heterocycles. The van der Waals surface area contributed by atoms with Crippen molar-refractivity contribution in [3.63, 3.8) is 0 Å².